The van der Waals surface area contributed by atoms with Crippen molar-refractivity contribution in [1.29, 1.82) is 0 Å². The van der Waals surface area contributed by atoms with Crippen molar-refractivity contribution in [2.24, 2.45) is 18.9 Å². The number of anilines is 5. The zero-order valence-corrected chi connectivity index (χ0v) is 36.5. The van der Waals surface area contributed by atoms with E-state index in [9.17, 15) is 24.0 Å². The van der Waals surface area contributed by atoms with Crippen LogP contribution in [0.4, 0.5) is 28.8 Å². The summed E-state index contributed by atoms with van der Waals surface area (Å²) in [7, 11) is 1.90. The molecular weight excluding hydrogens is 811 g/mol. The minimum Gasteiger partial charge on any atom is -0.371 e. The highest BCUT2D eigenvalue weighted by atomic mass is 16.2. The summed E-state index contributed by atoms with van der Waals surface area (Å²) in [4.78, 5) is 81.7. The maximum absolute atomic E-state index is 13.8. The third kappa shape index (κ3) is 7.84. The fourth-order valence-corrected chi connectivity index (χ4v) is 10.3. The number of nitrogens with zero attached hydrogens (tertiary/aromatic N) is 8. The van der Waals surface area contributed by atoms with Gasteiger partial charge in [0.05, 0.1) is 16.5 Å². The van der Waals surface area contributed by atoms with Crippen LogP contribution in [0.5, 0.6) is 0 Å². The van der Waals surface area contributed by atoms with Gasteiger partial charge in [-0.3, -0.25) is 39.1 Å². The summed E-state index contributed by atoms with van der Waals surface area (Å²) in [6.07, 6.45) is 6.43. The van der Waals surface area contributed by atoms with E-state index < -0.39 is 29.7 Å². The lowest BCUT2D eigenvalue weighted by atomic mass is 9.91. The fourth-order valence-electron chi connectivity index (χ4n) is 10.3. The highest BCUT2D eigenvalue weighted by Crippen LogP contribution is 2.34. The number of carbonyl (C=O) groups is 5. The fraction of sp³-hybridized carbons (Fsp3) is 0.417. The van der Waals surface area contributed by atoms with Gasteiger partial charge in [0, 0.05) is 88.5 Å². The van der Waals surface area contributed by atoms with E-state index in [0.29, 0.717) is 37.8 Å². The third-order valence-corrected chi connectivity index (χ3v) is 13.9. The summed E-state index contributed by atoms with van der Waals surface area (Å²) in [5, 5.41) is 14.8. The minimum atomic E-state index is -0.995. The molecule has 2 aromatic heterocycles. The van der Waals surface area contributed by atoms with Crippen LogP contribution >= 0.6 is 0 Å². The zero-order chi connectivity index (χ0) is 44.2. The number of benzene rings is 3. The average Bonchev–Trinajstić information content (AvgIpc) is 3.74. The van der Waals surface area contributed by atoms with E-state index in [1.54, 1.807) is 16.8 Å². The number of rotatable bonds is 9. The van der Waals surface area contributed by atoms with Crippen LogP contribution in [0.2, 0.25) is 0 Å². The summed E-state index contributed by atoms with van der Waals surface area (Å²) >= 11 is 0. The molecule has 1 unspecified atom stereocenters. The van der Waals surface area contributed by atoms with Crippen molar-refractivity contribution in [3.8, 4) is 0 Å². The Hall–Kier alpha value is -6.68. The first-order valence-corrected chi connectivity index (χ1v) is 22.5. The van der Waals surface area contributed by atoms with Gasteiger partial charge in [-0.2, -0.15) is 10.1 Å². The zero-order valence-electron chi connectivity index (χ0n) is 36.5. The molecule has 16 nitrogen and oxygen atoms in total. The lowest BCUT2D eigenvalue weighted by Gasteiger charge is -2.39. The Balaban J connectivity index is 0.698. The van der Waals surface area contributed by atoms with Gasteiger partial charge in [-0.25, -0.2) is 9.67 Å². The van der Waals surface area contributed by atoms with Gasteiger partial charge in [-0.15, -0.1) is 0 Å². The predicted molar refractivity (Wildman–Crippen MR) is 242 cm³/mol. The summed E-state index contributed by atoms with van der Waals surface area (Å²) < 4.78 is 1.78. The lowest BCUT2D eigenvalue weighted by Crippen LogP contribution is -2.54. The topological polar surface area (TPSA) is 178 Å². The van der Waals surface area contributed by atoms with Gasteiger partial charge in [0.1, 0.15) is 6.04 Å². The van der Waals surface area contributed by atoms with Gasteiger partial charge < -0.3 is 20.4 Å². The van der Waals surface area contributed by atoms with Gasteiger partial charge in [-0.1, -0.05) is 24.3 Å². The summed E-state index contributed by atoms with van der Waals surface area (Å²) in [6.45, 7) is 9.95. The molecule has 0 aliphatic carbocycles. The maximum Gasteiger partial charge on any atom is 0.262 e. The predicted octanol–water partition coefficient (Wildman–Crippen LogP) is 5.38. The second-order valence-electron chi connectivity index (χ2n) is 18.1. The maximum atomic E-state index is 13.8. The van der Waals surface area contributed by atoms with E-state index in [2.05, 4.69) is 85.9 Å². The average molecular weight is 864 g/mol. The molecule has 3 aromatic carbocycles. The van der Waals surface area contributed by atoms with E-state index in [-0.39, 0.29) is 35.8 Å². The van der Waals surface area contributed by atoms with E-state index in [4.69, 9.17) is 10.1 Å². The van der Waals surface area contributed by atoms with Crippen LogP contribution in [0.25, 0.3) is 11.0 Å². The number of likely N-dealkylation sites (tertiary alicyclic amines) is 1. The van der Waals surface area contributed by atoms with Gasteiger partial charge in [0.25, 0.3) is 11.8 Å². The molecular formula is C48H53N11O5. The van der Waals surface area contributed by atoms with Crippen molar-refractivity contribution < 1.29 is 24.0 Å². The Bertz CT molecular complexity index is 2700. The second-order valence-corrected chi connectivity index (χ2v) is 18.1. The second kappa shape index (κ2) is 16.8. The Morgan fingerprint density at radius 2 is 1.58 bits per heavy atom. The van der Waals surface area contributed by atoms with Crippen molar-refractivity contribution in [2.75, 3.05) is 54.8 Å². The Labute approximate surface area is 371 Å². The molecule has 16 heteroatoms. The van der Waals surface area contributed by atoms with Crippen molar-refractivity contribution in [3.05, 3.63) is 94.2 Å². The summed E-state index contributed by atoms with van der Waals surface area (Å²) in [6, 6.07) is 17.0. The summed E-state index contributed by atoms with van der Waals surface area (Å²) in [5.41, 5.74) is 9.06. The molecule has 5 aliphatic rings. The standard InChI is InChI=1S/C48H53N11O5/c1-28-5-4-6-29(2)41(28)52-42-38-25-49-48(53-43(38)55(3)54-42)50-34-8-7-31-15-18-56(27-33(31)23-34)26-30-13-19-58(20-14-30)45(62)32-16-21-57(22-17-32)35-9-10-36-37(24-35)47(64)59(46(36)63)39-11-12-40(60)51-44(39)61/h4-10,23-25,30,32,39H,11-22,26-27H2,1-3H3,(H,52,54)(H,49,50,53)(H,51,60,61). The molecule has 0 saturated carbocycles. The molecule has 3 N–H and O–H groups in total. The highest BCUT2D eigenvalue weighted by molar-refractivity contribution is 6.23. The minimum absolute atomic E-state index is 0.0472. The first kappa shape index (κ1) is 41.3. The molecule has 0 radical (unpaired) electrons. The molecule has 3 fully saturated rings. The van der Waals surface area contributed by atoms with E-state index >= 15 is 0 Å². The Morgan fingerprint density at radius 3 is 2.34 bits per heavy atom. The first-order chi connectivity index (χ1) is 31.0. The lowest BCUT2D eigenvalue weighted by molar-refractivity contribution is -0.138. The molecule has 3 saturated heterocycles. The SMILES string of the molecule is Cc1cccc(C)c1Nc1nn(C)c2nc(Nc3ccc4c(c3)CN(CC3CCN(C(=O)C5CCN(c6ccc7c(c6)C(=O)N(C6CCC(=O)NC6=O)C7=O)CC5)CC3)CC4)ncc12. The molecule has 7 heterocycles. The van der Waals surface area contributed by atoms with Crippen molar-refractivity contribution in [3.63, 3.8) is 0 Å². The van der Waals surface area contributed by atoms with Crippen LogP contribution < -0.4 is 20.9 Å². The van der Waals surface area contributed by atoms with Gasteiger partial charge in [0.2, 0.25) is 23.7 Å². The number of carbonyl (C=O) groups excluding carboxylic acids is 5. The molecule has 5 amide bonds. The van der Waals surface area contributed by atoms with Crippen LogP contribution in [0.3, 0.4) is 0 Å². The van der Waals surface area contributed by atoms with Gasteiger partial charge >= 0.3 is 0 Å². The summed E-state index contributed by atoms with van der Waals surface area (Å²) in [5.74, 6) is -0.0856. The van der Waals surface area contributed by atoms with Gasteiger partial charge in [-0.05, 0) is 111 Å². The number of imide groups is 2. The van der Waals surface area contributed by atoms with Crippen LogP contribution in [0.15, 0.2) is 60.8 Å². The van der Waals surface area contributed by atoms with E-state index in [1.807, 2.05) is 19.3 Å². The molecule has 5 aromatic rings. The van der Waals surface area contributed by atoms with Crippen LogP contribution in [-0.2, 0) is 34.4 Å². The van der Waals surface area contributed by atoms with Crippen molar-refractivity contribution in [2.45, 2.75) is 71.4 Å². The number of aryl methyl sites for hydroxylation is 3. The van der Waals surface area contributed by atoms with Crippen molar-refractivity contribution in [1.82, 2.24) is 39.8 Å². The normalized spacial score (nSPS) is 19.9. The number of nitrogens with one attached hydrogen (secondary N) is 3. The van der Waals surface area contributed by atoms with Gasteiger partial charge in [0.15, 0.2) is 11.5 Å². The smallest absolute Gasteiger partial charge is 0.262 e. The largest absolute Gasteiger partial charge is 0.371 e. The number of piperidine rings is 3. The highest BCUT2D eigenvalue weighted by Gasteiger charge is 2.45. The molecule has 0 spiro atoms. The quantitative estimate of drug-likeness (QED) is 0.162. The van der Waals surface area contributed by atoms with Crippen molar-refractivity contribution >= 4 is 69.4 Å². The number of fused-ring (bicyclic) bond motifs is 3. The monoisotopic (exact) mass is 863 g/mol. The Morgan fingerprint density at radius 1 is 0.812 bits per heavy atom. The molecule has 5 aliphatic heterocycles. The first-order valence-electron chi connectivity index (χ1n) is 22.5. The van der Waals surface area contributed by atoms with E-state index in [1.165, 1.54) is 11.1 Å². The number of hydrogen-bond donors (Lipinski definition) is 3. The van der Waals surface area contributed by atoms with E-state index in [0.717, 1.165) is 102 Å². The van der Waals surface area contributed by atoms with Crippen LogP contribution in [-0.4, -0.2) is 109 Å². The molecule has 0 bridgehead atoms. The number of amides is 5. The molecule has 1 atom stereocenters. The molecule has 330 valence electrons. The molecule has 10 rings (SSSR count). The third-order valence-electron chi connectivity index (χ3n) is 13.9. The number of hydrogen-bond acceptors (Lipinski definition) is 12. The van der Waals surface area contributed by atoms with Crippen LogP contribution in [0.1, 0.15) is 81.5 Å². The van der Waals surface area contributed by atoms with Crippen LogP contribution in [0, 0.1) is 25.7 Å². The number of aromatic nitrogens is 4. The molecule has 64 heavy (non-hydrogen) atoms. The Kier molecular flexibility index (Phi) is 10.8. The number of para-hydroxylation sites is 1.